The smallest absolute Gasteiger partial charge is 0.280 e. The maximum atomic E-state index is 13.1. The van der Waals surface area contributed by atoms with Gasteiger partial charge in [0.15, 0.2) is 0 Å². The Labute approximate surface area is 69.0 Å². The molecule has 0 fully saturated rings. The van der Waals surface area contributed by atoms with Gasteiger partial charge in [0.2, 0.25) is 0 Å². The number of fused-ring (bicyclic) bond motifs is 1. The summed E-state index contributed by atoms with van der Waals surface area (Å²) in [5.74, 6) is -2.56. The van der Waals surface area contributed by atoms with Crippen molar-refractivity contribution in [2.24, 2.45) is 0 Å². The molecule has 1 radical (unpaired) electrons. The maximum Gasteiger partial charge on any atom is 0.280 e. The SMILES string of the molecule is FC1(F)CCOc2[c]cccc21. The lowest BCUT2D eigenvalue weighted by Gasteiger charge is -2.24. The highest BCUT2D eigenvalue weighted by Gasteiger charge is 2.37. The quantitative estimate of drug-likeness (QED) is 0.579. The first-order valence-electron chi connectivity index (χ1n) is 3.72. The normalized spacial score (nSPS) is 19.5. The zero-order chi connectivity index (χ0) is 8.60. The molecule has 0 aliphatic carbocycles. The van der Waals surface area contributed by atoms with Gasteiger partial charge in [0.25, 0.3) is 5.92 Å². The van der Waals surface area contributed by atoms with Crippen molar-refractivity contribution in [3.8, 4) is 5.75 Å². The Bertz CT molecular complexity index is 296. The van der Waals surface area contributed by atoms with Crippen molar-refractivity contribution in [1.82, 2.24) is 0 Å². The third kappa shape index (κ3) is 1.05. The van der Waals surface area contributed by atoms with Gasteiger partial charge >= 0.3 is 0 Å². The Balaban J connectivity index is 2.52. The van der Waals surface area contributed by atoms with Crippen LogP contribution in [0.2, 0.25) is 0 Å². The highest BCUT2D eigenvalue weighted by molar-refractivity contribution is 5.37. The highest BCUT2D eigenvalue weighted by atomic mass is 19.3. The third-order valence-corrected chi connectivity index (χ3v) is 1.87. The molecule has 0 N–H and O–H groups in total. The molecule has 1 aromatic rings. The molecule has 1 aliphatic rings. The summed E-state index contributed by atoms with van der Waals surface area (Å²) in [6.45, 7) is 0.0700. The summed E-state index contributed by atoms with van der Waals surface area (Å²) in [5, 5.41) is 0. The summed E-state index contributed by atoms with van der Waals surface area (Å²) in [5.41, 5.74) is -0.0451. The second-order valence-corrected chi connectivity index (χ2v) is 2.72. The molecule has 63 valence electrons. The van der Waals surface area contributed by atoms with Crippen LogP contribution in [-0.2, 0) is 5.92 Å². The summed E-state index contributed by atoms with van der Waals surface area (Å²) >= 11 is 0. The summed E-state index contributed by atoms with van der Waals surface area (Å²) in [6.07, 6.45) is -0.238. The minimum atomic E-state index is -2.74. The number of alkyl halides is 2. The second-order valence-electron chi connectivity index (χ2n) is 2.72. The Morgan fingerprint density at radius 1 is 1.50 bits per heavy atom. The van der Waals surface area contributed by atoms with Gasteiger partial charge in [-0.1, -0.05) is 12.1 Å². The average molecular weight is 169 g/mol. The van der Waals surface area contributed by atoms with Crippen molar-refractivity contribution in [3.63, 3.8) is 0 Å². The molecule has 0 saturated carbocycles. The lowest BCUT2D eigenvalue weighted by atomic mass is 10.0. The van der Waals surface area contributed by atoms with Gasteiger partial charge in [-0.15, -0.1) is 0 Å². The summed E-state index contributed by atoms with van der Waals surface area (Å²) < 4.78 is 31.2. The number of hydrogen-bond donors (Lipinski definition) is 0. The van der Waals surface area contributed by atoms with Crippen molar-refractivity contribution < 1.29 is 13.5 Å². The molecule has 0 atom stereocenters. The van der Waals surface area contributed by atoms with Crippen LogP contribution in [0.4, 0.5) is 8.78 Å². The second kappa shape index (κ2) is 2.44. The number of hydrogen-bond acceptors (Lipinski definition) is 1. The van der Waals surface area contributed by atoms with E-state index in [1.807, 2.05) is 0 Å². The first-order valence-corrected chi connectivity index (χ1v) is 3.72. The van der Waals surface area contributed by atoms with Crippen molar-refractivity contribution >= 4 is 0 Å². The van der Waals surface area contributed by atoms with E-state index in [2.05, 4.69) is 6.07 Å². The molecular formula is C9H7F2O. The molecule has 1 heterocycles. The van der Waals surface area contributed by atoms with Crippen LogP contribution in [0, 0.1) is 6.07 Å². The van der Waals surface area contributed by atoms with E-state index in [4.69, 9.17) is 4.74 Å². The van der Waals surface area contributed by atoms with Gasteiger partial charge in [-0.25, -0.2) is 8.78 Å². The fourth-order valence-corrected chi connectivity index (χ4v) is 1.24. The van der Waals surface area contributed by atoms with Crippen LogP contribution < -0.4 is 4.74 Å². The molecule has 0 aromatic heterocycles. The van der Waals surface area contributed by atoms with Gasteiger partial charge in [0, 0.05) is 6.07 Å². The van der Waals surface area contributed by atoms with Gasteiger partial charge in [-0.2, -0.15) is 0 Å². The summed E-state index contributed by atoms with van der Waals surface area (Å²) in [7, 11) is 0. The standard InChI is InChI=1S/C9H7F2O/c10-9(11)5-6-12-8-4-2-1-3-7(8)9/h1-3H,5-6H2. The van der Waals surface area contributed by atoms with Crippen LogP contribution in [0.1, 0.15) is 12.0 Å². The van der Waals surface area contributed by atoms with E-state index < -0.39 is 5.92 Å². The minimum absolute atomic E-state index is 0.0451. The molecule has 0 saturated heterocycles. The van der Waals surface area contributed by atoms with Gasteiger partial charge in [-0.05, 0) is 6.07 Å². The monoisotopic (exact) mass is 169 g/mol. The molecule has 0 amide bonds. The van der Waals surface area contributed by atoms with Crippen LogP contribution in [0.5, 0.6) is 5.75 Å². The van der Waals surface area contributed by atoms with Gasteiger partial charge in [-0.3, -0.25) is 0 Å². The van der Waals surface area contributed by atoms with Crippen LogP contribution in [0.3, 0.4) is 0 Å². The highest BCUT2D eigenvalue weighted by Crippen LogP contribution is 2.40. The van der Waals surface area contributed by atoms with Crippen LogP contribution in [0.15, 0.2) is 18.2 Å². The Hall–Kier alpha value is -1.12. The van der Waals surface area contributed by atoms with Gasteiger partial charge in [0.05, 0.1) is 18.6 Å². The number of para-hydroxylation sites is 1. The Morgan fingerprint density at radius 3 is 3.08 bits per heavy atom. The van der Waals surface area contributed by atoms with Gasteiger partial charge in [0.1, 0.15) is 5.75 Å². The predicted molar refractivity (Wildman–Crippen MR) is 39.3 cm³/mol. The van der Waals surface area contributed by atoms with Crippen LogP contribution in [-0.4, -0.2) is 6.61 Å². The molecule has 0 unspecified atom stereocenters. The van der Waals surface area contributed by atoms with E-state index in [1.54, 1.807) is 12.1 Å². The minimum Gasteiger partial charge on any atom is -0.492 e. The lowest BCUT2D eigenvalue weighted by molar-refractivity contribution is -0.0405. The lowest BCUT2D eigenvalue weighted by Crippen LogP contribution is -2.23. The first kappa shape index (κ1) is 7.53. The molecule has 0 bridgehead atoms. The summed E-state index contributed by atoms with van der Waals surface area (Å²) in [4.78, 5) is 0. The summed E-state index contributed by atoms with van der Waals surface area (Å²) in [6, 6.07) is 7.13. The maximum absolute atomic E-state index is 13.1. The third-order valence-electron chi connectivity index (χ3n) is 1.87. The largest absolute Gasteiger partial charge is 0.492 e. The van der Waals surface area contributed by atoms with E-state index in [9.17, 15) is 8.78 Å². The van der Waals surface area contributed by atoms with Crippen molar-refractivity contribution in [2.45, 2.75) is 12.3 Å². The van der Waals surface area contributed by atoms with E-state index in [0.29, 0.717) is 0 Å². The average Bonchev–Trinajstić information content (AvgIpc) is 2.04. The molecular weight excluding hydrogens is 162 g/mol. The number of halogens is 2. The van der Waals surface area contributed by atoms with E-state index in [-0.39, 0.29) is 24.3 Å². The van der Waals surface area contributed by atoms with Crippen molar-refractivity contribution in [1.29, 1.82) is 0 Å². The van der Waals surface area contributed by atoms with Crippen molar-refractivity contribution in [2.75, 3.05) is 6.61 Å². The number of rotatable bonds is 0. The number of ether oxygens (including phenoxy) is 1. The predicted octanol–water partition coefficient (Wildman–Crippen LogP) is 2.36. The zero-order valence-corrected chi connectivity index (χ0v) is 6.31. The molecule has 1 aliphatic heterocycles. The van der Waals surface area contributed by atoms with Crippen LogP contribution in [0.25, 0.3) is 0 Å². The fourth-order valence-electron chi connectivity index (χ4n) is 1.24. The van der Waals surface area contributed by atoms with Crippen molar-refractivity contribution in [3.05, 3.63) is 29.8 Å². The first-order chi connectivity index (χ1) is 5.70. The molecule has 1 nitrogen and oxygen atoms in total. The molecule has 12 heavy (non-hydrogen) atoms. The van der Waals surface area contributed by atoms with Crippen LogP contribution >= 0.6 is 0 Å². The van der Waals surface area contributed by atoms with E-state index in [1.165, 1.54) is 6.07 Å². The fraction of sp³-hybridized carbons (Fsp3) is 0.333. The molecule has 2 rings (SSSR count). The molecule has 0 spiro atoms. The molecule has 1 aromatic carbocycles. The molecule has 3 heteroatoms. The van der Waals surface area contributed by atoms with E-state index in [0.717, 1.165) is 0 Å². The van der Waals surface area contributed by atoms with Gasteiger partial charge < -0.3 is 4.74 Å². The number of benzene rings is 1. The topological polar surface area (TPSA) is 9.23 Å². The zero-order valence-electron chi connectivity index (χ0n) is 6.31. The Morgan fingerprint density at radius 2 is 2.33 bits per heavy atom. The van der Waals surface area contributed by atoms with E-state index >= 15 is 0 Å². The Kier molecular flexibility index (Phi) is 1.53.